The highest BCUT2D eigenvalue weighted by molar-refractivity contribution is 9.09. The number of methoxy groups -OCH3 is 2. The lowest BCUT2D eigenvalue weighted by molar-refractivity contribution is 0.0109. The number of hydrogen-bond acceptors (Lipinski definition) is 3. The molecule has 0 amide bonds. The maximum absolute atomic E-state index is 11.7. The van der Waals surface area contributed by atoms with Crippen LogP contribution in [0.15, 0.2) is 48.5 Å². The smallest absolute Gasteiger partial charge is 0.121 e. The van der Waals surface area contributed by atoms with E-state index in [0.717, 1.165) is 29.0 Å². The van der Waals surface area contributed by atoms with E-state index in [4.69, 9.17) is 9.47 Å². The monoisotopic (exact) mass is 376 g/mol. The molecule has 0 heterocycles. The molecule has 4 heteroatoms. The highest BCUT2D eigenvalue weighted by atomic mass is 79.9. The summed E-state index contributed by atoms with van der Waals surface area (Å²) in [6.45, 7) is 2.11. The maximum Gasteiger partial charge on any atom is 0.121 e. The molecule has 0 saturated heterocycles. The lowest BCUT2D eigenvalue weighted by Gasteiger charge is -2.36. The van der Waals surface area contributed by atoms with Gasteiger partial charge in [-0.25, -0.2) is 0 Å². The fourth-order valence-electron chi connectivity index (χ4n) is 3.18. The van der Waals surface area contributed by atoms with E-state index < -0.39 is 5.60 Å². The van der Waals surface area contributed by atoms with Gasteiger partial charge in [0.2, 0.25) is 0 Å². The van der Waals surface area contributed by atoms with E-state index in [1.54, 1.807) is 14.2 Å². The lowest BCUT2D eigenvalue weighted by Crippen LogP contribution is -2.37. The van der Waals surface area contributed by atoms with Gasteiger partial charge in [-0.3, -0.25) is 0 Å². The van der Waals surface area contributed by atoms with Crippen LogP contribution in [0.5, 0.6) is 11.5 Å². The Hall–Kier alpha value is -1.52. The van der Waals surface area contributed by atoms with Crippen LogP contribution >= 0.6 is 15.9 Å². The van der Waals surface area contributed by atoms with E-state index >= 15 is 0 Å². The zero-order valence-corrected chi connectivity index (χ0v) is 15.1. The fraction of sp³-hybridized carbons (Fsp3) is 0.368. The normalized spacial score (nSPS) is 23.4. The van der Waals surface area contributed by atoms with Crippen LogP contribution in [0.25, 0.3) is 0 Å². The molecule has 0 radical (unpaired) electrons. The third-order valence-corrected chi connectivity index (χ3v) is 6.31. The minimum Gasteiger partial charge on any atom is -0.497 e. The van der Waals surface area contributed by atoms with Crippen molar-refractivity contribution in [2.45, 2.75) is 23.8 Å². The first-order valence-corrected chi connectivity index (χ1v) is 8.53. The molecule has 0 aliphatic heterocycles. The third-order valence-electron chi connectivity index (χ3n) is 4.98. The fourth-order valence-corrected chi connectivity index (χ4v) is 4.18. The van der Waals surface area contributed by atoms with Gasteiger partial charge in [0.1, 0.15) is 17.1 Å². The van der Waals surface area contributed by atoms with Crippen LogP contribution in [0.3, 0.4) is 0 Å². The molecular formula is C19H21BrO3. The van der Waals surface area contributed by atoms with Crippen molar-refractivity contribution in [2.24, 2.45) is 5.41 Å². The van der Waals surface area contributed by atoms with Crippen LogP contribution in [0.4, 0.5) is 0 Å². The molecule has 0 aromatic heterocycles. The first-order chi connectivity index (χ1) is 11.0. The highest BCUT2D eigenvalue weighted by Crippen LogP contribution is 2.64. The molecule has 2 aromatic rings. The van der Waals surface area contributed by atoms with E-state index in [2.05, 4.69) is 22.9 Å². The van der Waals surface area contributed by atoms with Crippen LogP contribution in [0, 0.1) is 5.41 Å². The van der Waals surface area contributed by atoms with Crippen molar-refractivity contribution < 1.29 is 14.6 Å². The van der Waals surface area contributed by atoms with Gasteiger partial charge in [-0.2, -0.15) is 0 Å². The second-order valence-electron chi connectivity index (χ2n) is 6.26. The largest absolute Gasteiger partial charge is 0.497 e. The minimum atomic E-state index is -1.07. The Balaban J connectivity index is 2.10. The number of ether oxygens (including phenoxy) is 2. The van der Waals surface area contributed by atoms with Gasteiger partial charge in [0.25, 0.3) is 0 Å². The summed E-state index contributed by atoms with van der Waals surface area (Å²) in [5.74, 6) is 1.56. The molecule has 1 aliphatic carbocycles. The SMILES string of the molecule is COc1ccc(C(O)(c2ccc(OC)cc2)[C@]2(C)C[C@H]2Br)cc1. The summed E-state index contributed by atoms with van der Waals surface area (Å²) in [4.78, 5) is 0.282. The Labute approximate surface area is 145 Å². The molecule has 1 N–H and O–H groups in total. The summed E-state index contributed by atoms with van der Waals surface area (Å²) in [7, 11) is 3.28. The predicted octanol–water partition coefficient (Wildman–Crippen LogP) is 4.11. The molecule has 1 aliphatic rings. The van der Waals surface area contributed by atoms with Crippen molar-refractivity contribution in [2.75, 3.05) is 14.2 Å². The quantitative estimate of drug-likeness (QED) is 0.797. The van der Waals surface area contributed by atoms with E-state index in [9.17, 15) is 5.11 Å². The summed E-state index contributed by atoms with van der Waals surface area (Å²) in [5.41, 5.74) is 0.413. The summed E-state index contributed by atoms with van der Waals surface area (Å²) in [5, 5.41) is 11.7. The second-order valence-corrected chi connectivity index (χ2v) is 7.36. The lowest BCUT2D eigenvalue weighted by atomic mass is 9.74. The minimum absolute atomic E-state index is 0.254. The van der Waals surface area contributed by atoms with Gasteiger partial charge in [-0.05, 0) is 41.8 Å². The number of hydrogen-bond donors (Lipinski definition) is 1. The summed E-state index contributed by atoms with van der Waals surface area (Å²) in [6.07, 6.45) is 0.918. The molecule has 3 nitrogen and oxygen atoms in total. The number of benzene rings is 2. The predicted molar refractivity (Wildman–Crippen MR) is 94.4 cm³/mol. The topological polar surface area (TPSA) is 38.7 Å². The molecule has 122 valence electrons. The first-order valence-electron chi connectivity index (χ1n) is 7.61. The van der Waals surface area contributed by atoms with Gasteiger partial charge in [0.15, 0.2) is 0 Å². The van der Waals surface area contributed by atoms with Crippen LogP contribution in [-0.4, -0.2) is 24.2 Å². The summed E-state index contributed by atoms with van der Waals surface area (Å²) < 4.78 is 10.5. The Kier molecular flexibility index (Phi) is 4.15. The number of alkyl halides is 1. The number of aliphatic hydroxyl groups is 1. The number of rotatable bonds is 5. The maximum atomic E-state index is 11.7. The highest BCUT2D eigenvalue weighted by Gasteiger charge is 2.63. The van der Waals surface area contributed by atoms with Gasteiger partial charge in [-0.1, -0.05) is 47.1 Å². The van der Waals surface area contributed by atoms with Crippen molar-refractivity contribution in [3.63, 3.8) is 0 Å². The Bertz CT molecular complexity index is 633. The molecule has 0 bridgehead atoms. The molecule has 0 spiro atoms. The first kappa shape index (κ1) is 16.3. The molecule has 3 rings (SSSR count). The Morgan fingerprint density at radius 1 is 0.957 bits per heavy atom. The van der Waals surface area contributed by atoms with Gasteiger partial charge in [0, 0.05) is 10.2 Å². The van der Waals surface area contributed by atoms with Gasteiger partial charge >= 0.3 is 0 Å². The van der Waals surface area contributed by atoms with Crippen LogP contribution in [0.2, 0.25) is 0 Å². The van der Waals surface area contributed by atoms with Crippen LogP contribution in [-0.2, 0) is 5.60 Å². The average molecular weight is 377 g/mol. The van der Waals surface area contributed by atoms with E-state index in [0.29, 0.717) is 0 Å². The van der Waals surface area contributed by atoms with E-state index in [1.165, 1.54) is 0 Å². The Morgan fingerprint density at radius 2 is 1.30 bits per heavy atom. The van der Waals surface area contributed by atoms with Crippen molar-refractivity contribution >= 4 is 15.9 Å². The van der Waals surface area contributed by atoms with Gasteiger partial charge in [-0.15, -0.1) is 0 Å². The molecule has 2 atom stereocenters. The average Bonchev–Trinajstić information content (AvgIpc) is 3.22. The van der Waals surface area contributed by atoms with Crippen molar-refractivity contribution in [1.29, 1.82) is 0 Å². The molecule has 1 fully saturated rings. The second kappa shape index (κ2) is 5.84. The van der Waals surface area contributed by atoms with Crippen molar-refractivity contribution in [3.05, 3.63) is 59.7 Å². The molecule has 0 unspecified atom stereocenters. The zero-order valence-electron chi connectivity index (χ0n) is 13.5. The summed E-state index contributed by atoms with van der Waals surface area (Å²) >= 11 is 3.68. The molecular weight excluding hydrogens is 356 g/mol. The van der Waals surface area contributed by atoms with E-state index in [1.807, 2.05) is 48.5 Å². The zero-order chi connectivity index (χ0) is 16.7. The Morgan fingerprint density at radius 3 is 1.57 bits per heavy atom. The van der Waals surface area contributed by atoms with E-state index in [-0.39, 0.29) is 10.2 Å². The van der Waals surface area contributed by atoms with Crippen LogP contribution in [0.1, 0.15) is 24.5 Å². The van der Waals surface area contributed by atoms with Gasteiger partial charge in [0.05, 0.1) is 14.2 Å². The molecule has 2 aromatic carbocycles. The standard InChI is InChI=1S/C19H21BrO3/c1-18(12-17(18)20)19(21,13-4-8-15(22-2)9-5-13)14-6-10-16(23-3)11-7-14/h4-11,17,21H,12H2,1-3H3/t17-,18-/m1/s1. The van der Waals surface area contributed by atoms with Gasteiger partial charge < -0.3 is 14.6 Å². The number of halogens is 1. The molecule has 23 heavy (non-hydrogen) atoms. The third kappa shape index (κ3) is 2.54. The summed E-state index contributed by atoms with van der Waals surface area (Å²) in [6, 6.07) is 15.3. The van der Waals surface area contributed by atoms with Crippen molar-refractivity contribution in [1.82, 2.24) is 0 Å². The van der Waals surface area contributed by atoms with Crippen molar-refractivity contribution in [3.8, 4) is 11.5 Å². The molecule has 1 saturated carbocycles. The van der Waals surface area contributed by atoms with Crippen LogP contribution < -0.4 is 9.47 Å².